The molecule has 9 rings (SSSR count). The average molecular weight is 493 g/mol. The maximum absolute atomic E-state index is 2.42. The van der Waals surface area contributed by atoms with E-state index in [4.69, 9.17) is 0 Å². The van der Waals surface area contributed by atoms with Gasteiger partial charge in [-0.15, -0.1) is 0 Å². The number of benzene rings is 7. The highest BCUT2D eigenvalue weighted by Gasteiger charge is 2.27. The van der Waals surface area contributed by atoms with E-state index in [9.17, 15) is 0 Å². The van der Waals surface area contributed by atoms with Crippen LogP contribution in [0.15, 0.2) is 127 Å². The third-order valence-corrected chi connectivity index (χ3v) is 8.85. The zero-order chi connectivity index (χ0) is 25.5. The number of fused-ring (bicyclic) bond motifs is 15. The molecule has 0 saturated carbocycles. The first-order valence-electron chi connectivity index (χ1n) is 13.7. The molecule has 0 nitrogen and oxygen atoms in total. The van der Waals surface area contributed by atoms with Crippen LogP contribution in [-0.2, 0) is 0 Å². The smallest absolute Gasteiger partial charge is 0.0285 e. The molecule has 0 saturated heterocycles. The molecule has 1 atom stereocenters. The molecule has 0 bridgehead atoms. The first-order chi connectivity index (χ1) is 19.4. The van der Waals surface area contributed by atoms with E-state index in [1.807, 2.05) is 0 Å². The minimum absolute atomic E-state index is 0.180. The van der Waals surface area contributed by atoms with Crippen molar-refractivity contribution in [3.8, 4) is 11.1 Å². The Balaban J connectivity index is 1.66. The van der Waals surface area contributed by atoms with E-state index in [-0.39, 0.29) is 5.92 Å². The van der Waals surface area contributed by atoms with Gasteiger partial charge in [0, 0.05) is 5.92 Å². The van der Waals surface area contributed by atoms with E-state index >= 15 is 0 Å². The lowest BCUT2D eigenvalue weighted by Gasteiger charge is -2.25. The molecular formula is C39H24. The molecule has 7 aromatic carbocycles. The second-order valence-electron chi connectivity index (χ2n) is 10.8. The lowest BCUT2D eigenvalue weighted by atomic mass is 9.78. The van der Waals surface area contributed by atoms with Crippen molar-refractivity contribution in [3.63, 3.8) is 0 Å². The minimum Gasteiger partial charge on any atom is -0.0726 e. The Kier molecular flexibility index (Phi) is 4.20. The molecule has 0 heterocycles. The van der Waals surface area contributed by atoms with Gasteiger partial charge in [-0.2, -0.15) is 0 Å². The summed E-state index contributed by atoms with van der Waals surface area (Å²) in [6.45, 7) is 0. The summed E-state index contributed by atoms with van der Waals surface area (Å²) in [5, 5.41) is 13.5. The zero-order valence-electron chi connectivity index (χ0n) is 21.4. The van der Waals surface area contributed by atoms with Crippen molar-refractivity contribution in [2.75, 3.05) is 0 Å². The van der Waals surface area contributed by atoms with Gasteiger partial charge in [0.1, 0.15) is 0 Å². The summed E-state index contributed by atoms with van der Waals surface area (Å²) in [7, 11) is 0. The second kappa shape index (κ2) is 7.79. The van der Waals surface area contributed by atoms with Crippen LogP contribution in [0.2, 0.25) is 0 Å². The average Bonchev–Trinajstić information content (AvgIpc) is 3.40. The third-order valence-electron chi connectivity index (χ3n) is 8.85. The van der Waals surface area contributed by atoms with Crippen molar-refractivity contribution in [3.05, 3.63) is 155 Å². The molecule has 0 amide bonds. The van der Waals surface area contributed by atoms with Gasteiger partial charge in [0.2, 0.25) is 0 Å². The molecule has 0 heteroatoms. The standard InChI is InChI=1S/C39H24/c1-2-11-24(12-3-1)28-19-10-20-32-34-23-26-14-5-7-16-29(26)37(34)38-31-18-9-8-17-30(31)33-22-21-25-13-4-6-15-27(25)36(33)39(38)35(28)32/h1-23,28H. The predicted molar refractivity (Wildman–Crippen MR) is 167 cm³/mol. The van der Waals surface area contributed by atoms with Crippen molar-refractivity contribution >= 4 is 55.2 Å². The van der Waals surface area contributed by atoms with E-state index < -0.39 is 0 Å². The summed E-state index contributed by atoms with van der Waals surface area (Å²) >= 11 is 0. The topological polar surface area (TPSA) is 0 Å². The molecule has 0 spiro atoms. The molecular weight excluding hydrogens is 468 g/mol. The Bertz CT molecular complexity index is 2320. The van der Waals surface area contributed by atoms with Crippen LogP contribution < -0.4 is 10.4 Å². The Labute approximate surface area is 226 Å². The number of allylic oxidation sites excluding steroid dienone is 2. The first-order valence-corrected chi connectivity index (χ1v) is 13.7. The highest BCUT2D eigenvalue weighted by Crippen LogP contribution is 2.46. The first kappa shape index (κ1) is 21.0. The van der Waals surface area contributed by atoms with Crippen LogP contribution in [0.4, 0.5) is 0 Å². The second-order valence-corrected chi connectivity index (χ2v) is 10.8. The minimum atomic E-state index is 0.180. The van der Waals surface area contributed by atoms with E-state index in [1.165, 1.54) is 81.3 Å². The Morgan fingerprint density at radius 2 is 1.21 bits per heavy atom. The molecule has 7 aromatic rings. The van der Waals surface area contributed by atoms with Crippen molar-refractivity contribution in [1.29, 1.82) is 0 Å². The number of rotatable bonds is 1. The summed E-state index contributed by atoms with van der Waals surface area (Å²) in [5.74, 6) is 0.180. The van der Waals surface area contributed by atoms with Gasteiger partial charge >= 0.3 is 0 Å². The maximum Gasteiger partial charge on any atom is 0.0285 e. The third kappa shape index (κ3) is 2.78. The normalized spacial score (nSPS) is 15.2. The fourth-order valence-electron chi connectivity index (χ4n) is 7.27. The molecule has 0 aromatic heterocycles. The predicted octanol–water partition coefficient (Wildman–Crippen LogP) is 8.59. The van der Waals surface area contributed by atoms with Crippen LogP contribution in [0.1, 0.15) is 22.6 Å². The molecule has 1 unspecified atom stereocenters. The molecule has 2 aliphatic carbocycles. The molecule has 0 fully saturated rings. The highest BCUT2D eigenvalue weighted by atomic mass is 14.3. The monoisotopic (exact) mass is 492 g/mol. The fraction of sp³-hybridized carbons (Fsp3) is 0.0256. The molecule has 180 valence electrons. The summed E-state index contributed by atoms with van der Waals surface area (Å²) < 4.78 is 0. The van der Waals surface area contributed by atoms with Crippen LogP contribution in [0.3, 0.4) is 0 Å². The summed E-state index contributed by atoms with van der Waals surface area (Å²) in [6, 6.07) is 42.5. The fourth-order valence-corrected chi connectivity index (χ4v) is 7.27. The van der Waals surface area contributed by atoms with E-state index in [0.29, 0.717) is 0 Å². The molecule has 0 aliphatic heterocycles. The molecule has 0 N–H and O–H groups in total. The van der Waals surface area contributed by atoms with Gasteiger partial charge in [-0.25, -0.2) is 0 Å². The van der Waals surface area contributed by atoms with E-state index in [0.717, 1.165) is 0 Å². The molecule has 0 radical (unpaired) electrons. The lowest BCUT2D eigenvalue weighted by Crippen LogP contribution is -2.32. The van der Waals surface area contributed by atoms with Gasteiger partial charge in [-0.3, -0.25) is 0 Å². The van der Waals surface area contributed by atoms with Crippen molar-refractivity contribution in [2.45, 2.75) is 5.92 Å². The quantitative estimate of drug-likeness (QED) is 0.201. The van der Waals surface area contributed by atoms with Crippen LogP contribution >= 0.6 is 0 Å². The summed E-state index contributed by atoms with van der Waals surface area (Å²) in [4.78, 5) is 0. The van der Waals surface area contributed by atoms with Crippen molar-refractivity contribution < 1.29 is 0 Å². The number of hydrogen-bond donors (Lipinski definition) is 0. The summed E-state index contributed by atoms with van der Waals surface area (Å²) in [6.07, 6.45) is 9.42. The van der Waals surface area contributed by atoms with Crippen LogP contribution in [0.25, 0.3) is 66.4 Å². The van der Waals surface area contributed by atoms with E-state index in [2.05, 4.69) is 140 Å². The van der Waals surface area contributed by atoms with E-state index in [1.54, 1.807) is 0 Å². The lowest BCUT2D eigenvalue weighted by molar-refractivity contribution is 1.02. The SMILES string of the molecule is C1=CC(c2ccccc2)c2c(c3c(c4c5ccccc5c5ccc6ccccc6c5c24)-c2ccccc2C=3)=C1. The Hall–Kier alpha value is -4.94. The van der Waals surface area contributed by atoms with Gasteiger partial charge in [-0.1, -0.05) is 133 Å². The van der Waals surface area contributed by atoms with Gasteiger partial charge in [0.05, 0.1) is 0 Å². The van der Waals surface area contributed by atoms with Gasteiger partial charge in [-0.05, 0) is 87.4 Å². The van der Waals surface area contributed by atoms with Crippen LogP contribution in [-0.4, -0.2) is 0 Å². The van der Waals surface area contributed by atoms with Crippen LogP contribution in [0.5, 0.6) is 0 Å². The number of hydrogen-bond acceptors (Lipinski definition) is 0. The van der Waals surface area contributed by atoms with Gasteiger partial charge < -0.3 is 0 Å². The Morgan fingerprint density at radius 3 is 2.10 bits per heavy atom. The van der Waals surface area contributed by atoms with Gasteiger partial charge in [0.25, 0.3) is 0 Å². The maximum atomic E-state index is 2.42. The van der Waals surface area contributed by atoms with Crippen LogP contribution in [0, 0.1) is 0 Å². The van der Waals surface area contributed by atoms with Crippen molar-refractivity contribution in [2.24, 2.45) is 0 Å². The molecule has 39 heavy (non-hydrogen) atoms. The van der Waals surface area contributed by atoms with Crippen molar-refractivity contribution in [1.82, 2.24) is 0 Å². The zero-order valence-corrected chi connectivity index (χ0v) is 21.4. The summed E-state index contributed by atoms with van der Waals surface area (Å²) in [5.41, 5.74) is 6.78. The highest BCUT2D eigenvalue weighted by molar-refractivity contribution is 6.34. The molecule has 2 aliphatic rings. The van der Waals surface area contributed by atoms with Gasteiger partial charge in [0.15, 0.2) is 0 Å². The Morgan fingerprint density at radius 1 is 0.487 bits per heavy atom. The largest absolute Gasteiger partial charge is 0.0726 e.